The number of nitrogens with one attached hydrogen (secondary N) is 1. The maximum atomic E-state index is 12.8. The van der Waals surface area contributed by atoms with Gasteiger partial charge in [0.25, 0.3) is 5.91 Å². The quantitative estimate of drug-likeness (QED) is 0.226. The van der Waals surface area contributed by atoms with Gasteiger partial charge in [0.2, 0.25) is 0 Å². The average molecular weight is 501 g/mol. The zero-order valence-corrected chi connectivity index (χ0v) is 21.6. The van der Waals surface area contributed by atoms with Crippen molar-refractivity contribution in [1.29, 1.82) is 10.5 Å². The summed E-state index contributed by atoms with van der Waals surface area (Å²) in [7, 11) is 0. The summed E-state index contributed by atoms with van der Waals surface area (Å²) < 4.78 is 7.97. The van der Waals surface area contributed by atoms with E-state index < -0.39 is 5.91 Å². The number of ether oxygens (including phenoxy) is 1. The minimum absolute atomic E-state index is 0.0504. The smallest absolute Gasteiger partial charge is 0.262 e. The Morgan fingerprint density at radius 1 is 1.00 bits per heavy atom. The highest BCUT2D eigenvalue weighted by Crippen LogP contribution is 2.25. The number of carbonyl (C=O) groups is 1. The van der Waals surface area contributed by atoms with E-state index in [9.17, 15) is 15.3 Å². The molecule has 1 heterocycles. The Hall–Kier alpha value is -5.07. The topological polar surface area (TPSA) is 90.8 Å². The summed E-state index contributed by atoms with van der Waals surface area (Å²) in [6, 6.07) is 30.7. The molecule has 0 saturated heterocycles. The number of nitriles is 2. The molecule has 0 spiro atoms. The van der Waals surface area contributed by atoms with Crippen LogP contribution in [0, 0.1) is 36.5 Å². The summed E-state index contributed by atoms with van der Waals surface area (Å²) in [6.45, 7) is 6.14. The normalized spacial score (nSPS) is 11.8. The molecule has 1 amide bonds. The van der Waals surface area contributed by atoms with Crippen molar-refractivity contribution < 1.29 is 9.53 Å². The van der Waals surface area contributed by atoms with E-state index in [1.54, 1.807) is 12.1 Å². The highest BCUT2D eigenvalue weighted by molar-refractivity contribution is 6.02. The van der Waals surface area contributed by atoms with Crippen LogP contribution < -0.4 is 10.1 Å². The number of aromatic nitrogens is 1. The van der Waals surface area contributed by atoms with Gasteiger partial charge in [-0.05, 0) is 74.4 Å². The lowest BCUT2D eigenvalue weighted by Crippen LogP contribution is -2.27. The first-order valence-corrected chi connectivity index (χ1v) is 12.3. The van der Waals surface area contributed by atoms with E-state index in [4.69, 9.17) is 4.74 Å². The predicted octanol–water partition coefficient (Wildman–Crippen LogP) is 6.33. The standard InChI is InChI=1S/C32H28N4O2/c1-22-17-28(18-29(20-34)32(37)35-23(2)25-9-5-4-6-10-25)24(3)36(22)30-13-15-31(16-14-30)38-21-27-12-8-7-11-26(27)19-33/h4-18,23H,21H2,1-3H3,(H,35,37)/b29-18-/t23-/m0/s1. The van der Waals surface area contributed by atoms with Crippen LogP contribution in [0.25, 0.3) is 11.8 Å². The summed E-state index contributed by atoms with van der Waals surface area (Å²) in [5, 5.41) is 21.9. The molecule has 3 aromatic carbocycles. The third-order valence-corrected chi connectivity index (χ3v) is 6.41. The average Bonchev–Trinajstić information content (AvgIpc) is 3.23. The molecule has 0 bridgehead atoms. The second kappa shape index (κ2) is 11.8. The Kier molecular flexibility index (Phi) is 8.06. The maximum Gasteiger partial charge on any atom is 0.262 e. The molecule has 1 N–H and O–H groups in total. The molecule has 188 valence electrons. The minimum atomic E-state index is -0.409. The van der Waals surface area contributed by atoms with Crippen LogP contribution in [0.15, 0.2) is 90.5 Å². The first-order valence-electron chi connectivity index (χ1n) is 12.3. The van der Waals surface area contributed by atoms with Gasteiger partial charge in [-0.15, -0.1) is 0 Å². The zero-order chi connectivity index (χ0) is 27.1. The van der Waals surface area contributed by atoms with Gasteiger partial charge < -0.3 is 14.6 Å². The van der Waals surface area contributed by atoms with Crippen LogP contribution in [0.5, 0.6) is 5.75 Å². The van der Waals surface area contributed by atoms with Gasteiger partial charge in [0, 0.05) is 22.6 Å². The molecule has 6 heteroatoms. The molecule has 0 aliphatic heterocycles. The molecule has 0 unspecified atom stereocenters. The highest BCUT2D eigenvalue weighted by Gasteiger charge is 2.16. The van der Waals surface area contributed by atoms with Crippen LogP contribution in [-0.2, 0) is 11.4 Å². The number of nitrogens with zero attached hydrogens (tertiary/aromatic N) is 3. The molecule has 0 fully saturated rings. The second-order valence-corrected chi connectivity index (χ2v) is 8.99. The van der Waals surface area contributed by atoms with Crippen molar-refractivity contribution in [3.05, 3.63) is 124 Å². The van der Waals surface area contributed by atoms with E-state index in [1.165, 1.54) is 0 Å². The van der Waals surface area contributed by atoms with Crippen molar-refractivity contribution in [1.82, 2.24) is 9.88 Å². The SMILES string of the molecule is Cc1cc(/C=C(/C#N)C(=O)N[C@@H](C)c2ccccc2)c(C)n1-c1ccc(OCc2ccccc2C#N)cc1. The number of carbonyl (C=O) groups excluding carboxylic acids is 1. The number of benzene rings is 3. The Balaban J connectivity index is 1.50. The number of hydrogen-bond acceptors (Lipinski definition) is 4. The van der Waals surface area contributed by atoms with Gasteiger partial charge in [-0.3, -0.25) is 4.79 Å². The van der Waals surface area contributed by atoms with Crippen molar-refractivity contribution in [2.45, 2.75) is 33.4 Å². The number of rotatable bonds is 8. The van der Waals surface area contributed by atoms with Gasteiger partial charge in [-0.25, -0.2) is 0 Å². The minimum Gasteiger partial charge on any atom is -0.489 e. The van der Waals surface area contributed by atoms with E-state index in [2.05, 4.69) is 16.0 Å². The highest BCUT2D eigenvalue weighted by atomic mass is 16.5. The summed E-state index contributed by atoms with van der Waals surface area (Å²) in [6.07, 6.45) is 1.63. The van der Waals surface area contributed by atoms with Gasteiger partial charge in [0.05, 0.1) is 17.7 Å². The molecule has 0 aliphatic carbocycles. The van der Waals surface area contributed by atoms with Crippen molar-refractivity contribution in [3.8, 4) is 23.6 Å². The lowest BCUT2D eigenvalue weighted by atomic mass is 10.1. The summed E-state index contributed by atoms with van der Waals surface area (Å²) in [5.74, 6) is 0.285. The van der Waals surface area contributed by atoms with Gasteiger partial charge in [0.1, 0.15) is 24.0 Å². The van der Waals surface area contributed by atoms with Gasteiger partial charge in [0.15, 0.2) is 0 Å². The first kappa shape index (κ1) is 26.0. The van der Waals surface area contributed by atoms with Gasteiger partial charge in [-0.2, -0.15) is 10.5 Å². The van der Waals surface area contributed by atoms with Crippen molar-refractivity contribution in [2.24, 2.45) is 0 Å². The van der Waals surface area contributed by atoms with Gasteiger partial charge >= 0.3 is 0 Å². The van der Waals surface area contributed by atoms with E-state index in [0.717, 1.165) is 33.8 Å². The zero-order valence-electron chi connectivity index (χ0n) is 21.6. The predicted molar refractivity (Wildman–Crippen MR) is 147 cm³/mol. The molecular formula is C32H28N4O2. The third-order valence-electron chi connectivity index (χ3n) is 6.41. The number of aryl methyl sites for hydroxylation is 1. The molecule has 0 radical (unpaired) electrons. The molecule has 1 atom stereocenters. The van der Waals surface area contributed by atoms with Crippen LogP contribution in [0.4, 0.5) is 0 Å². The maximum absolute atomic E-state index is 12.8. The number of hydrogen-bond donors (Lipinski definition) is 1. The largest absolute Gasteiger partial charge is 0.489 e. The fourth-order valence-corrected chi connectivity index (χ4v) is 4.34. The Morgan fingerprint density at radius 3 is 2.37 bits per heavy atom. The summed E-state index contributed by atoms with van der Waals surface area (Å²) in [4.78, 5) is 12.8. The lowest BCUT2D eigenvalue weighted by Gasteiger charge is -2.14. The summed E-state index contributed by atoms with van der Waals surface area (Å²) >= 11 is 0. The van der Waals surface area contributed by atoms with Crippen molar-refractivity contribution in [2.75, 3.05) is 0 Å². The number of amides is 1. The molecule has 6 nitrogen and oxygen atoms in total. The fraction of sp³-hybridized carbons (Fsp3) is 0.156. The van der Waals surface area contributed by atoms with Crippen LogP contribution in [0.3, 0.4) is 0 Å². The van der Waals surface area contributed by atoms with E-state index in [0.29, 0.717) is 17.9 Å². The lowest BCUT2D eigenvalue weighted by molar-refractivity contribution is -0.117. The van der Waals surface area contributed by atoms with E-state index in [-0.39, 0.29) is 11.6 Å². The van der Waals surface area contributed by atoms with E-state index >= 15 is 0 Å². The Morgan fingerprint density at radius 2 is 1.68 bits per heavy atom. The molecule has 0 aliphatic rings. The first-order chi connectivity index (χ1) is 18.4. The molecule has 1 aromatic heterocycles. The van der Waals surface area contributed by atoms with Crippen LogP contribution in [-0.4, -0.2) is 10.5 Å². The van der Waals surface area contributed by atoms with Crippen molar-refractivity contribution in [3.63, 3.8) is 0 Å². The Bertz CT molecular complexity index is 1550. The molecular weight excluding hydrogens is 472 g/mol. The van der Waals surface area contributed by atoms with E-state index in [1.807, 2.05) is 106 Å². The van der Waals surface area contributed by atoms with Crippen LogP contribution in [0.2, 0.25) is 0 Å². The molecule has 4 rings (SSSR count). The van der Waals surface area contributed by atoms with Crippen molar-refractivity contribution >= 4 is 12.0 Å². The molecule has 38 heavy (non-hydrogen) atoms. The van der Waals surface area contributed by atoms with Crippen LogP contribution in [0.1, 0.15) is 46.6 Å². The fourth-order valence-electron chi connectivity index (χ4n) is 4.34. The van der Waals surface area contributed by atoms with Gasteiger partial charge in [-0.1, -0.05) is 48.5 Å². The molecule has 0 saturated carbocycles. The molecule has 4 aromatic rings. The monoisotopic (exact) mass is 500 g/mol. The van der Waals surface area contributed by atoms with Crippen LogP contribution >= 0.6 is 0 Å². The summed E-state index contributed by atoms with van der Waals surface area (Å²) in [5.41, 5.74) is 6.08. The second-order valence-electron chi connectivity index (χ2n) is 8.99. The third kappa shape index (κ3) is 5.83. The Labute approximate surface area is 223 Å².